The number of ether oxygens (including phenoxy) is 2. The van der Waals surface area contributed by atoms with E-state index in [-0.39, 0.29) is 12.8 Å². The number of benzene rings is 1. The topological polar surface area (TPSA) is 47.6 Å². The van der Waals surface area contributed by atoms with Crippen molar-refractivity contribution in [1.82, 2.24) is 5.32 Å². The maximum absolute atomic E-state index is 11.1. The van der Waals surface area contributed by atoms with Crippen LogP contribution in [0.25, 0.3) is 0 Å². The van der Waals surface area contributed by atoms with Crippen LogP contribution in [0.15, 0.2) is 12.1 Å². The van der Waals surface area contributed by atoms with Crippen LogP contribution in [0.1, 0.15) is 12.5 Å². The number of halogens is 1. The van der Waals surface area contributed by atoms with Crippen molar-refractivity contribution < 1.29 is 13.7 Å². The number of hydrogen-bond acceptors (Lipinski definition) is 4. The van der Waals surface area contributed by atoms with Crippen molar-refractivity contribution in [3.05, 3.63) is 22.7 Å². The summed E-state index contributed by atoms with van der Waals surface area (Å²) in [6.07, 6.45) is 1.70. The maximum Gasteiger partial charge on any atom is 0.231 e. The van der Waals surface area contributed by atoms with Gasteiger partial charge in [0.15, 0.2) is 11.5 Å². The van der Waals surface area contributed by atoms with Gasteiger partial charge in [-0.15, -0.1) is 0 Å². The lowest BCUT2D eigenvalue weighted by atomic mass is 10.2. The van der Waals surface area contributed by atoms with E-state index in [1.165, 1.54) is 0 Å². The Morgan fingerprint density at radius 1 is 1.50 bits per heavy atom. The average molecular weight is 290 g/mol. The lowest BCUT2D eigenvalue weighted by molar-refractivity contribution is 0.174. The molecule has 0 aliphatic carbocycles. The second kappa shape index (κ2) is 5.91. The van der Waals surface area contributed by atoms with Gasteiger partial charge in [0.1, 0.15) is 0 Å². The molecule has 4 nitrogen and oxygen atoms in total. The van der Waals surface area contributed by atoms with Crippen molar-refractivity contribution in [3.8, 4) is 11.5 Å². The fraction of sp³-hybridized carbons (Fsp3) is 0.500. The standard InChI is InChI=1S/C12H16ClNO3S/c1-8(6-18(2)15)14-5-9-3-10(13)12-11(4-9)16-7-17-12/h3-4,8,14H,5-7H2,1-2H3. The van der Waals surface area contributed by atoms with Crippen LogP contribution in [0.4, 0.5) is 0 Å². The summed E-state index contributed by atoms with van der Waals surface area (Å²) < 4.78 is 21.6. The Morgan fingerprint density at radius 2 is 2.28 bits per heavy atom. The summed E-state index contributed by atoms with van der Waals surface area (Å²) in [4.78, 5) is 0. The minimum atomic E-state index is -0.791. The minimum Gasteiger partial charge on any atom is -0.454 e. The largest absolute Gasteiger partial charge is 0.454 e. The molecule has 0 saturated carbocycles. The summed E-state index contributed by atoms with van der Waals surface area (Å²) in [5.74, 6) is 1.94. The minimum absolute atomic E-state index is 0.194. The third-order valence-corrected chi connectivity index (χ3v) is 3.88. The summed E-state index contributed by atoms with van der Waals surface area (Å²) in [7, 11) is -0.791. The highest BCUT2D eigenvalue weighted by Crippen LogP contribution is 2.39. The molecule has 1 heterocycles. The van der Waals surface area contributed by atoms with E-state index in [0.717, 1.165) is 5.56 Å². The number of fused-ring (bicyclic) bond motifs is 1. The molecule has 0 spiro atoms. The van der Waals surface area contributed by atoms with Gasteiger partial charge in [-0.2, -0.15) is 0 Å². The summed E-state index contributed by atoms with van der Waals surface area (Å²) in [5, 5.41) is 3.86. The smallest absolute Gasteiger partial charge is 0.231 e. The van der Waals surface area contributed by atoms with Gasteiger partial charge in [-0.3, -0.25) is 4.21 Å². The van der Waals surface area contributed by atoms with Crippen molar-refractivity contribution in [2.45, 2.75) is 19.5 Å². The van der Waals surface area contributed by atoms with E-state index in [9.17, 15) is 4.21 Å². The highest BCUT2D eigenvalue weighted by Gasteiger charge is 2.18. The molecule has 100 valence electrons. The monoisotopic (exact) mass is 289 g/mol. The predicted molar refractivity (Wildman–Crippen MR) is 72.8 cm³/mol. The van der Waals surface area contributed by atoms with Crippen molar-refractivity contribution in [2.75, 3.05) is 18.8 Å². The SMILES string of the molecule is CC(CS(C)=O)NCc1cc(Cl)c2c(c1)OCO2. The molecule has 2 atom stereocenters. The van der Waals surface area contributed by atoms with Gasteiger partial charge >= 0.3 is 0 Å². The lowest BCUT2D eigenvalue weighted by Gasteiger charge is -2.12. The van der Waals surface area contributed by atoms with Gasteiger partial charge in [-0.1, -0.05) is 11.6 Å². The molecule has 6 heteroatoms. The summed E-state index contributed by atoms with van der Waals surface area (Å²) in [6, 6.07) is 3.97. The molecule has 1 aliphatic rings. The molecule has 0 fully saturated rings. The Labute approximate surface area is 114 Å². The highest BCUT2D eigenvalue weighted by atomic mass is 35.5. The molecular formula is C12H16ClNO3S. The fourth-order valence-corrected chi connectivity index (χ4v) is 2.94. The van der Waals surface area contributed by atoms with E-state index >= 15 is 0 Å². The van der Waals surface area contributed by atoms with Crippen LogP contribution in [0.5, 0.6) is 11.5 Å². The molecule has 0 amide bonds. The van der Waals surface area contributed by atoms with E-state index in [4.69, 9.17) is 21.1 Å². The molecule has 18 heavy (non-hydrogen) atoms. The van der Waals surface area contributed by atoms with Gasteiger partial charge in [0.2, 0.25) is 6.79 Å². The molecule has 0 saturated heterocycles. The summed E-state index contributed by atoms with van der Waals surface area (Å²) >= 11 is 6.09. The molecule has 1 N–H and O–H groups in total. The van der Waals surface area contributed by atoms with Crippen LogP contribution in [0, 0.1) is 0 Å². The van der Waals surface area contributed by atoms with E-state index < -0.39 is 10.8 Å². The normalized spacial score (nSPS) is 16.6. The zero-order chi connectivity index (χ0) is 13.1. The zero-order valence-electron chi connectivity index (χ0n) is 10.4. The molecule has 1 aromatic carbocycles. The van der Waals surface area contributed by atoms with Crippen LogP contribution in [0.2, 0.25) is 5.02 Å². The molecule has 0 aromatic heterocycles. The van der Waals surface area contributed by atoms with Crippen molar-refractivity contribution in [3.63, 3.8) is 0 Å². The Hall–Kier alpha value is -0.780. The first-order valence-corrected chi connectivity index (χ1v) is 7.78. The quantitative estimate of drug-likeness (QED) is 0.900. The molecule has 0 radical (unpaired) electrons. The predicted octanol–water partition coefficient (Wildman–Crippen LogP) is 1.93. The first-order valence-electron chi connectivity index (χ1n) is 5.67. The summed E-state index contributed by atoms with van der Waals surface area (Å²) in [5.41, 5.74) is 1.03. The number of nitrogens with one attached hydrogen (secondary N) is 1. The van der Waals surface area contributed by atoms with E-state index in [2.05, 4.69) is 5.32 Å². The van der Waals surface area contributed by atoms with Crippen LogP contribution < -0.4 is 14.8 Å². The Bertz CT molecular complexity index is 467. The van der Waals surface area contributed by atoms with Crippen LogP contribution in [-0.4, -0.2) is 29.1 Å². The molecule has 0 bridgehead atoms. The van der Waals surface area contributed by atoms with E-state index in [1.807, 2.05) is 19.1 Å². The zero-order valence-corrected chi connectivity index (χ0v) is 11.9. The van der Waals surface area contributed by atoms with Crippen molar-refractivity contribution in [2.24, 2.45) is 0 Å². The van der Waals surface area contributed by atoms with E-state index in [0.29, 0.717) is 28.8 Å². The summed E-state index contributed by atoms with van der Waals surface area (Å²) in [6.45, 7) is 2.89. The molecular weight excluding hydrogens is 274 g/mol. The third kappa shape index (κ3) is 3.37. The molecule has 1 aliphatic heterocycles. The molecule has 2 rings (SSSR count). The van der Waals surface area contributed by atoms with E-state index in [1.54, 1.807) is 6.26 Å². The van der Waals surface area contributed by atoms with Gasteiger partial charge in [0.05, 0.1) is 5.02 Å². The third-order valence-electron chi connectivity index (χ3n) is 2.63. The van der Waals surface area contributed by atoms with Gasteiger partial charge in [0, 0.05) is 35.4 Å². The maximum atomic E-state index is 11.1. The highest BCUT2D eigenvalue weighted by molar-refractivity contribution is 7.84. The average Bonchev–Trinajstić information content (AvgIpc) is 2.74. The van der Waals surface area contributed by atoms with Crippen molar-refractivity contribution >= 4 is 22.4 Å². The number of rotatable bonds is 5. The first-order chi connectivity index (χ1) is 8.56. The second-order valence-electron chi connectivity index (χ2n) is 4.33. The lowest BCUT2D eigenvalue weighted by Crippen LogP contribution is -2.30. The first kappa shape index (κ1) is 13.6. The van der Waals surface area contributed by atoms with Gasteiger partial charge < -0.3 is 14.8 Å². The fourth-order valence-electron chi connectivity index (χ4n) is 1.83. The van der Waals surface area contributed by atoms with Crippen LogP contribution >= 0.6 is 11.6 Å². The van der Waals surface area contributed by atoms with Crippen LogP contribution in [-0.2, 0) is 17.3 Å². The Balaban J connectivity index is 1.98. The van der Waals surface area contributed by atoms with Gasteiger partial charge in [-0.05, 0) is 24.6 Å². The van der Waals surface area contributed by atoms with Gasteiger partial charge in [-0.25, -0.2) is 0 Å². The second-order valence-corrected chi connectivity index (χ2v) is 6.22. The molecule has 1 aromatic rings. The Morgan fingerprint density at radius 3 is 3.00 bits per heavy atom. The van der Waals surface area contributed by atoms with Gasteiger partial charge in [0.25, 0.3) is 0 Å². The number of hydrogen-bond donors (Lipinski definition) is 1. The molecule has 2 unspecified atom stereocenters. The Kier molecular flexibility index (Phi) is 4.48. The van der Waals surface area contributed by atoms with Crippen LogP contribution in [0.3, 0.4) is 0 Å². The van der Waals surface area contributed by atoms with Crippen molar-refractivity contribution in [1.29, 1.82) is 0 Å².